The lowest BCUT2D eigenvalue weighted by Crippen LogP contribution is -2.10. The van der Waals surface area contributed by atoms with Gasteiger partial charge < -0.3 is 10.5 Å². The van der Waals surface area contributed by atoms with E-state index in [0.717, 1.165) is 24.0 Å². The summed E-state index contributed by atoms with van der Waals surface area (Å²) in [4.78, 5) is 11.7. The minimum absolute atomic E-state index is 0.0570. The number of benzene rings is 2. The van der Waals surface area contributed by atoms with Crippen LogP contribution in [0.5, 0.6) is 0 Å². The molecule has 0 amide bonds. The van der Waals surface area contributed by atoms with Crippen molar-refractivity contribution in [2.75, 3.05) is 12.8 Å². The third kappa shape index (κ3) is 4.86. The van der Waals surface area contributed by atoms with Crippen LogP contribution in [0.25, 0.3) is 0 Å². The Labute approximate surface area is 136 Å². The Morgan fingerprint density at radius 2 is 2.00 bits per heavy atom. The van der Waals surface area contributed by atoms with Gasteiger partial charge in [-0.25, -0.2) is 0 Å². The van der Waals surface area contributed by atoms with Crippen LogP contribution in [0.3, 0.4) is 0 Å². The van der Waals surface area contributed by atoms with Crippen LogP contribution in [0.15, 0.2) is 48.5 Å². The molecule has 0 aliphatic carbocycles. The van der Waals surface area contributed by atoms with Crippen LogP contribution in [0.1, 0.15) is 35.4 Å². The number of methoxy groups -OCH3 is 1. The Morgan fingerprint density at radius 1 is 1.26 bits per heavy atom. The molecular formula is C19H20N2O2. The summed E-state index contributed by atoms with van der Waals surface area (Å²) in [6.45, 7) is 0. The number of hydrogen-bond donors (Lipinski definition) is 1. The molecule has 0 aromatic heterocycles. The third-order valence-corrected chi connectivity index (χ3v) is 3.89. The highest BCUT2D eigenvalue weighted by Gasteiger charge is 2.17. The summed E-state index contributed by atoms with van der Waals surface area (Å²) in [7, 11) is 1.40. The van der Waals surface area contributed by atoms with E-state index in [-0.39, 0.29) is 11.9 Å². The van der Waals surface area contributed by atoms with E-state index < -0.39 is 0 Å². The maximum absolute atomic E-state index is 11.7. The quantitative estimate of drug-likeness (QED) is 0.655. The van der Waals surface area contributed by atoms with Gasteiger partial charge in [-0.2, -0.15) is 5.26 Å². The van der Waals surface area contributed by atoms with Crippen LogP contribution < -0.4 is 5.73 Å². The molecule has 2 N–H and O–H groups in total. The van der Waals surface area contributed by atoms with E-state index >= 15 is 0 Å². The first kappa shape index (κ1) is 16.6. The standard InChI is InChI=1S/C19H20N2O2/c1-23-19(22)12-17(16-3-2-4-18(21)11-16)10-9-14-5-7-15(13-20)8-6-14/h2-8,11,17H,9-10,12,21H2,1H3. The molecule has 0 aliphatic heterocycles. The van der Waals surface area contributed by atoms with Gasteiger partial charge >= 0.3 is 5.97 Å². The summed E-state index contributed by atoms with van der Waals surface area (Å²) in [5.74, 6) is -0.168. The van der Waals surface area contributed by atoms with E-state index in [2.05, 4.69) is 6.07 Å². The molecule has 4 heteroatoms. The van der Waals surface area contributed by atoms with Gasteiger partial charge in [0.05, 0.1) is 25.2 Å². The Balaban J connectivity index is 2.10. The number of hydrogen-bond acceptors (Lipinski definition) is 4. The van der Waals surface area contributed by atoms with Crippen molar-refractivity contribution in [1.29, 1.82) is 5.26 Å². The van der Waals surface area contributed by atoms with Gasteiger partial charge in [0.1, 0.15) is 0 Å². The highest BCUT2D eigenvalue weighted by Crippen LogP contribution is 2.27. The number of carbonyl (C=O) groups is 1. The fourth-order valence-corrected chi connectivity index (χ4v) is 2.57. The summed E-state index contributed by atoms with van der Waals surface area (Å²) in [6.07, 6.45) is 1.96. The van der Waals surface area contributed by atoms with Crippen molar-refractivity contribution in [3.8, 4) is 6.07 Å². The lowest BCUT2D eigenvalue weighted by atomic mass is 9.89. The van der Waals surface area contributed by atoms with Gasteiger partial charge in [0.25, 0.3) is 0 Å². The summed E-state index contributed by atoms with van der Waals surface area (Å²) in [5.41, 5.74) is 9.38. The molecule has 0 aliphatic rings. The zero-order valence-corrected chi connectivity index (χ0v) is 13.2. The van der Waals surface area contributed by atoms with Gasteiger partial charge in [-0.1, -0.05) is 24.3 Å². The average molecular weight is 308 g/mol. The lowest BCUT2D eigenvalue weighted by Gasteiger charge is -2.17. The Kier molecular flexibility index (Phi) is 5.76. The number of nitrogens with two attached hydrogens (primary N) is 1. The first-order valence-electron chi connectivity index (χ1n) is 7.53. The van der Waals surface area contributed by atoms with Crippen LogP contribution in [0.2, 0.25) is 0 Å². The van der Waals surface area contributed by atoms with Crippen LogP contribution >= 0.6 is 0 Å². The van der Waals surface area contributed by atoms with Crippen molar-refractivity contribution in [2.45, 2.75) is 25.2 Å². The second-order valence-corrected chi connectivity index (χ2v) is 5.49. The van der Waals surface area contributed by atoms with Crippen molar-refractivity contribution in [1.82, 2.24) is 0 Å². The number of carbonyl (C=O) groups excluding carboxylic acids is 1. The van der Waals surface area contributed by atoms with E-state index in [1.54, 1.807) is 0 Å². The number of anilines is 1. The molecule has 2 rings (SSSR count). The van der Waals surface area contributed by atoms with Gasteiger partial charge in [-0.3, -0.25) is 4.79 Å². The van der Waals surface area contributed by atoms with E-state index in [0.29, 0.717) is 17.7 Å². The molecule has 1 atom stereocenters. The highest BCUT2D eigenvalue weighted by atomic mass is 16.5. The van der Waals surface area contributed by atoms with E-state index in [1.165, 1.54) is 7.11 Å². The van der Waals surface area contributed by atoms with Crippen LogP contribution in [0, 0.1) is 11.3 Å². The topological polar surface area (TPSA) is 76.1 Å². The van der Waals surface area contributed by atoms with E-state index in [1.807, 2.05) is 48.5 Å². The molecule has 0 radical (unpaired) electrons. The number of nitriles is 1. The first-order valence-corrected chi connectivity index (χ1v) is 7.53. The number of esters is 1. The normalized spacial score (nSPS) is 11.5. The maximum atomic E-state index is 11.7. The lowest BCUT2D eigenvalue weighted by molar-refractivity contribution is -0.141. The second-order valence-electron chi connectivity index (χ2n) is 5.49. The van der Waals surface area contributed by atoms with Gasteiger partial charge in [0.2, 0.25) is 0 Å². The molecule has 2 aromatic carbocycles. The minimum atomic E-state index is -0.225. The molecule has 23 heavy (non-hydrogen) atoms. The smallest absolute Gasteiger partial charge is 0.306 e. The predicted molar refractivity (Wildman–Crippen MR) is 89.7 cm³/mol. The Morgan fingerprint density at radius 3 is 2.61 bits per heavy atom. The van der Waals surface area contributed by atoms with Crippen LogP contribution in [0.4, 0.5) is 5.69 Å². The number of ether oxygens (including phenoxy) is 1. The highest BCUT2D eigenvalue weighted by molar-refractivity contribution is 5.70. The summed E-state index contributed by atoms with van der Waals surface area (Å²) < 4.78 is 4.81. The first-order chi connectivity index (χ1) is 11.1. The average Bonchev–Trinajstić information content (AvgIpc) is 2.58. The molecule has 0 bridgehead atoms. The number of aryl methyl sites for hydroxylation is 1. The van der Waals surface area contributed by atoms with E-state index in [9.17, 15) is 4.79 Å². The molecule has 1 unspecified atom stereocenters. The third-order valence-electron chi connectivity index (χ3n) is 3.89. The van der Waals surface area contributed by atoms with Crippen LogP contribution in [-0.2, 0) is 16.0 Å². The Bertz CT molecular complexity index is 702. The molecule has 0 heterocycles. The number of rotatable bonds is 6. The molecule has 0 fully saturated rings. The van der Waals surface area contributed by atoms with Gasteiger partial charge in [0, 0.05) is 5.69 Å². The van der Waals surface area contributed by atoms with Crippen molar-refractivity contribution in [3.05, 3.63) is 65.2 Å². The van der Waals surface area contributed by atoms with Crippen LogP contribution in [-0.4, -0.2) is 13.1 Å². The predicted octanol–water partition coefficient (Wildman–Crippen LogP) is 3.42. The van der Waals surface area contributed by atoms with Crippen molar-refractivity contribution < 1.29 is 9.53 Å². The maximum Gasteiger partial charge on any atom is 0.306 e. The molecule has 118 valence electrons. The van der Waals surface area contributed by atoms with Gasteiger partial charge in [-0.05, 0) is 54.2 Å². The number of nitrogens with zero attached hydrogens (tertiary/aromatic N) is 1. The van der Waals surface area contributed by atoms with Gasteiger partial charge in [0.15, 0.2) is 0 Å². The molecular weight excluding hydrogens is 288 g/mol. The molecule has 2 aromatic rings. The minimum Gasteiger partial charge on any atom is -0.469 e. The zero-order chi connectivity index (χ0) is 16.7. The van der Waals surface area contributed by atoms with Crippen molar-refractivity contribution in [2.24, 2.45) is 0 Å². The largest absolute Gasteiger partial charge is 0.469 e. The molecule has 0 saturated carbocycles. The summed E-state index contributed by atoms with van der Waals surface area (Å²) in [6, 6.07) is 17.3. The summed E-state index contributed by atoms with van der Waals surface area (Å²) >= 11 is 0. The molecule has 0 spiro atoms. The van der Waals surface area contributed by atoms with Crippen molar-refractivity contribution >= 4 is 11.7 Å². The number of nitrogen functional groups attached to an aromatic ring is 1. The van der Waals surface area contributed by atoms with Gasteiger partial charge in [-0.15, -0.1) is 0 Å². The summed E-state index contributed by atoms with van der Waals surface area (Å²) in [5, 5.41) is 8.83. The zero-order valence-electron chi connectivity index (χ0n) is 13.2. The monoisotopic (exact) mass is 308 g/mol. The van der Waals surface area contributed by atoms with E-state index in [4.69, 9.17) is 15.7 Å². The fourth-order valence-electron chi connectivity index (χ4n) is 2.57. The molecule has 4 nitrogen and oxygen atoms in total. The Hall–Kier alpha value is -2.80. The fraction of sp³-hybridized carbons (Fsp3) is 0.263. The second kappa shape index (κ2) is 8.00. The SMILES string of the molecule is COC(=O)CC(CCc1ccc(C#N)cc1)c1cccc(N)c1. The van der Waals surface area contributed by atoms with Crippen molar-refractivity contribution in [3.63, 3.8) is 0 Å². The molecule has 0 saturated heterocycles.